The summed E-state index contributed by atoms with van der Waals surface area (Å²) in [7, 11) is -1.70. The predicted molar refractivity (Wildman–Crippen MR) is 80.0 cm³/mol. The summed E-state index contributed by atoms with van der Waals surface area (Å²) >= 11 is 8.77. The Morgan fingerprint density at radius 1 is 1.25 bits per heavy atom. The first-order valence-corrected chi connectivity index (χ1v) is 7.95. The number of benzene rings is 2. The normalized spacial score (nSPS) is 12.4. The Bertz CT molecular complexity index is 696. The molecule has 1 unspecified atom stereocenters. The van der Waals surface area contributed by atoms with E-state index in [0.29, 0.717) is 5.02 Å². The lowest BCUT2D eigenvalue weighted by atomic mass is 10.2. The van der Waals surface area contributed by atoms with E-state index >= 15 is 0 Å². The molecule has 0 spiro atoms. The van der Waals surface area contributed by atoms with Crippen molar-refractivity contribution >= 4 is 44.0 Å². The molecule has 0 aliphatic rings. The lowest BCUT2D eigenvalue weighted by Gasteiger charge is -2.09. The Kier molecular flexibility index (Phi) is 4.78. The third-order valence-corrected chi connectivity index (χ3v) is 4.88. The third-order valence-electron chi connectivity index (χ3n) is 2.64. The minimum atomic E-state index is -1.70. The summed E-state index contributed by atoms with van der Waals surface area (Å²) in [5.74, 6) is -1.83. The molecule has 2 aromatic rings. The number of hydrogen-bond donors (Lipinski definition) is 1. The summed E-state index contributed by atoms with van der Waals surface area (Å²) in [4.78, 5) is 0.260. The van der Waals surface area contributed by atoms with Crippen molar-refractivity contribution in [3.8, 4) is 0 Å². The van der Waals surface area contributed by atoms with Crippen LogP contribution in [-0.2, 0) is 16.6 Å². The fraction of sp³-hybridized carbons (Fsp3) is 0.0769. The molecule has 0 aliphatic heterocycles. The van der Waals surface area contributed by atoms with Crippen molar-refractivity contribution in [2.75, 3.05) is 5.73 Å². The van der Waals surface area contributed by atoms with Crippen LogP contribution in [0.15, 0.2) is 39.7 Å². The second kappa shape index (κ2) is 6.20. The van der Waals surface area contributed by atoms with Gasteiger partial charge in [0.2, 0.25) is 0 Å². The number of halogens is 4. The highest BCUT2D eigenvalue weighted by Crippen LogP contribution is 2.27. The molecule has 0 saturated heterocycles. The van der Waals surface area contributed by atoms with Crippen LogP contribution in [0.3, 0.4) is 0 Å². The van der Waals surface area contributed by atoms with Crippen LogP contribution >= 0.6 is 27.5 Å². The van der Waals surface area contributed by atoms with E-state index in [0.717, 1.165) is 6.07 Å². The number of anilines is 1. The minimum absolute atomic E-state index is 0.116. The maximum atomic E-state index is 13.8. The molecule has 0 heterocycles. The number of nitrogens with two attached hydrogens (primary N) is 1. The van der Waals surface area contributed by atoms with Crippen LogP contribution in [0.1, 0.15) is 5.56 Å². The average Bonchev–Trinajstić information content (AvgIpc) is 2.41. The first-order valence-electron chi connectivity index (χ1n) is 5.46. The van der Waals surface area contributed by atoms with Gasteiger partial charge in [0.25, 0.3) is 0 Å². The molecule has 106 valence electrons. The second-order valence-electron chi connectivity index (χ2n) is 3.99. The Morgan fingerprint density at radius 3 is 2.65 bits per heavy atom. The van der Waals surface area contributed by atoms with Crippen LogP contribution in [0.4, 0.5) is 14.5 Å². The van der Waals surface area contributed by atoms with Crippen molar-refractivity contribution in [3.05, 3.63) is 57.0 Å². The molecular formula is C13H9BrClF2NOS. The van der Waals surface area contributed by atoms with Gasteiger partial charge in [-0.15, -0.1) is 0 Å². The zero-order valence-electron chi connectivity index (χ0n) is 10.00. The van der Waals surface area contributed by atoms with E-state index in [1.807, 2.05) is 0 Å². The van der Waals surface area contributed by atoms with Crippen molar-refractivity contribution in [1.29, 1.82) is 0 Å². The summed E-state index contributed by atoms with van der Waals surface area (Å²) in [6.07, 6.45) is 0. The van der Waals surface area contributed by atoms with Gasteiger partial charge in [-0.3, -0.25) is 4.21 Å². The molecule has 0 radical (unpaired) electrons. The predicted octanol–water partition coefficient (Wildman–Crippen LogP) is 4.27. The first-order chi connectivity index (χ1) is 9.40. The minimum Gasteiger partial charge on any atom is -0.398 e. The van der Waals surface area contributed by atoms with Crippen molar-refractivity contribution in [2.24, 2.45) is 0 Å². The molecule has 0 amide bonds. The van der Waals surface area contributed by atoms with Gasteiger partial charge in [0.15, 0.2) is 0 Å². The second-order valence-corrected chi connectivity index (χ2v) is 6.70. The lowest BCUT2D eigenvalue weighted by Crippen LogP contribution is -2.05. The fourth-order valence-electron chi connectivity index (χ4n) is 1.62. The monoisotopic (exact) mass is 379 g/mol. The topological polar surface area (TPSA) is 43.1 Å². The van der Waals surface area contributed by atoms with Gasteiger partial charge >= 0.3 is 0 Å². The van der Waals surface area contributed by atoms with Crippen LogP contribution in [0.2, 0.25) is 5.02 Å². The van der Waals surface area contributed by atoms with E-state index in [1.54, 1.807) is 6.07 Å². The first kappa shape index (κ1) is 15.4. The van der Waals surface area contributed by atoms with Crippen LogP contribution in [-0.4, -0.2) is 4.21 Å². The Labute approximate surface area is 130 Å². The molecule has 20 heavy (non-hydrogen) atoms. The molecular weight excluding hydrogens is 372 g/mol. The third kappa shape index (κ3) is 3.19. The van der Waals surface area contributed by atoms with Crippen LogP contribution in [0.25, 0.3) is 0 Å². The summed E-state index contributed by atoms with van der Waals surface area (Å²) in [5, 5.41) is 0.359. The summed E-state index contributed by atoms with van der Waals surface area (Å²) in [5.41, 5.74) is 5.72. The van der Waals surface area contributed by atoms with E-state index in [-0.39, 0.29) is 26.4 Å². The van der Waals surface area contributed by atoms with Crippen molar-refractivity contribution in [2.45, 2.75) is 10.6 Å². The van der Waals surface area contributed by atoms with Gasteiger partial charge in [-0.1, -0.05) is 11.6 Å². The zero-order valence-corrected chi connectivity index (χ0v) is 13.2. The standard InChI is InChI=1S/C13H9BrClF2NOS/c14-9-2-3-10(16)8(13(9)17)6-20(19)12-5-7(15)1-4-11(12)18/h1-5H,6,18H2. The fourth-order valence-corrected chi connectivity index (χ4v) is 3.50. The molecule has 0 saturated carbocycles. The van der Waals surface area contributed by atoms with Crippen molar-refractivity contribution in [3.63, 3.8) is 0 Å². The van der Waals surface area contributed by atoms with E-state index in [2.05, 4.69) is 15.9 Å². The molecule has 1 atom stereocenters. The van der Waals surface area contributed by atoms with E-state index in [4.69, 9.17) is 17.3 Å². The molecule has 0 bridgehead atoms. The highest BCUT2D eigenvalue weighted by Gasteiger charge is 2.17. The summed E-state index contributed by atoms with van der Waals surface area (Å²) in [6.45, 7) is 0. The van der Waals surface area contributed by atoms with Crippen LogP contribution in [0, 0.1) is 11.6 Å². The van der Waals surface area contributed by atoms with Gasteiger partial charge in [0.1, 0.15) is 11.6 Å². The summed E-state index contributed by atoms with van der Waals surface area (Å²) in [6, 6.07) is 6.85. The smallest absolute Gasteiger partial charge is 0.144 e. The van der Waals surface area contributed by atoms with Crippen LogP contribution < -0.4 is 5.73 Å². The van der Waals surface area contributed by atoms with Gasteiger partial charge < -0.3 is 5.73 Å². The largest absolute Gasteiger partial charge is 0.398 e. The molecule has 0 aromatic heterocycles. The zero-order chi connectivity index (χ0) is 14.9. The molecule has 2 nitrogen and oxygen atoms in total. The van der Waals surface area contributed by atoms with Crippen molar-refractivity contribution in [1.82, 2.24) is 0 Å². The summed E-state index contributed by atoms with van der Waals surface area (Å²) < 4.78 is 39.8. The quantitative estimate of drug-likeness (QED) is 0.638. The number of hydrogen-bond acceptors (Lipinski definition) is 2. The Hall–Kier alpha value is -0.980. The lowest BCUT2D eigenvalue weighted by molar-refractivity contribution is 0.560. The van der Waals surface area contributed by atoms with Gasteiger partial charge in [-0.2, -0.15) is 0 Å². The van der Waals surface area contributed by atoms with Gasteiger partial charge in [0.05, 0.1) is 25.9 Å². The number of nitrogen functional groups attached to an aromatic ring is 1. The average molecular weight is 381 g/mol. The number of rotatable bonds is 3. The molecule has 0 fully saturated rings. The van der Waals surface area contributed by atoms with E-state index in [1.165, 1.54) is 18.2 Å². The molecule has 0 aliphatic carbocycles. The highest BCUT2D eigenvalue weighted by atomic mass is 79.9. The van der Waals surface area contributed by atoms with Gasteiger partial charge in [-0.05, 0) is 46.3 Å². The molecule has 2 N–H and O–H groups in total. The Morgan fingerprint density at radius 2 is 1.95 bits per heavy atom. The SMILES string of the molecule is Nc1ccc(Cl)cc1S(=O)Cc1c(F)ccc(Br)c1F. The van der Waals surface area contributed by atoms with Gasteiger partial charge in [-0.25, -0.2) is 8.78 Å². The molecule has 2 rings (SSSR count). The highest BCUT2D eigenvalue weighted by molar-refractivity contribution is 9.10. The van der Waals surface area contributed by atoms with Crippen molar-refractivity contribution < 1.29 is 13.0 Å². The van der Waals surface area contributed by atoms with E-state index in [9.17, 15) is 13.0 Å². The molecule has 2 aromatic carbocycles. The maximum absolute atomic E-state index is 13.8. The molecule has 7 heteroatoms. The van der Waals surface area contributed by atoms with Gasteiger partial charge in [0, 0.05) is 16.3 Å². The maximum Gasteiger partial charge on any atom is 0.144 e. The van der Waals surface area contributed by atoms with E-state index < -0.39 is 22.4 Å². The Balaban J connectivity index is 2.38. The van der Waals surface area contributed by atoms with Crippen LogP contribution in [0.5, 0.6) is 0 Å².